The van der Waals surface area contributed by atoms with Gasteiger partial charge in [0.05, 0.1) is 0 Å². The molecular formula is C9H6BrF3. The molecule has 1 aromatic rings. The van der Waals surface area contributed by atoms with Crippen LogP contribution < -0.4 is 0 Å². The topological polar surface area (TPSA) is 0 Å². The fraction of sp³-hybridized carbons (Fsp3) is 0.333. The third kappa shape index (κ3) is 1.11. The summed E-state index contributed by atoms with van der Waals surface area (Å²) >= 11 is 2.57. The zero-order chi connectivity index (χ0) is 9.64. The monoisotopic (exact) mass is 250 g/mol. The van der Waals surface area contributed by atoms with Crippen molar-refractivity contribution in [3.63, 3.8) is 0 Å². The van der Waals surface area contributed by atoms with E-state index in [1.54, 1.807) is 12.1 Å². The molecule has 1 aliphatic carbocycles. The minimum atomic E-state index is -2.37. The van der Waals surface area contributed by atoms with Crippen LogP contribution in [0.3, 0.4) is 0 Å². The van der Waals surface area contributed by atoms with E-state index in [1.165, 1.54) is 12.1 Å². The van der Waals surface area contributed by atoms with Crippen molar-refractivity contribution in [2.75, 3.05) is 0 Å². The summed E-state index contributed by atoms with van der Waals surface area (Å²) in [4.78, 5) is 0. The summed E-state index contributed by atoms with van der Waals surface area (Å²) in [5.74, 6) is 0. The Bertz CT molecular complexity index is 337. The minimum absolute atomic E-state index is 0.0509. The van der Waals surface area contributed by atoms with Crippen LogP contribution in [0.5, 0.6) is 0 Å². The van der Waals surface area contributed by atoms with E-state index in [1.807, 2.05) is 0 Å². The fourth-order valence-electron chi connectivity index (χ4n) is 1.53. The van der Waals surface area contributed by atoms with Gasteiger partial charge in [0.15, 0.2) is 12.3 Å². The smallest absolute Gasteiger partial charge is 0.224 e. The number of hydrogen-bond donors (Lipinski definition) is 0. The molecule has 0 aliphatic heterocycles. The zero-order valence-electron chi connectivity index (χ0n) is 6.48. The number of hydrogen-bond acceptors (Lipinski definition) is 0. The van der Waals surface area contributed by atoms with Gasteiger partial charge < -0.3 is 0 Å². The average molecular weight is 251 g/mol. The van der Waals surface area contributed by atoms with Gasteiger partial charge in [0, 0.05) is 5.56 Å². The molecule has 0 heterocycles. The minimum Gasteiger partial charge on any atom is -0.239 e. The normalized spacial score (nSPS) is 37.5. The van der Waals surface area contributed by atoms with Crippen molar-refractivity contribution in [3.8, 4) is 0 Å². The second kappa shape index (κ2) is 2.74. The Hall–Kier alpha value is -0.510. The van der Waals surface area contributed by atoms with Crippen LogP contribution in [0.4, 0.5) is 13.2 Å². The molecule has 0 aromatic heterocycles. The Balaban J connectivity index is 2.61. The molecule has 4 heteroatoms. The molecule has 1 aromatic carbocycles. The Morgan fingerprint density at radius 1 is 1.23 bits per heavy atom. The fourth-order valence-corrected chi connectivity index (χ4v) is 2.12. The number of rotatable bonds is 0. The summed E-state index contributed by atoms with van der Waals surface area (Å²) in [5.41, 5.74) is 0.143. The van der Waals surface area contributed by atoms with Crippen LogP contribution >= 0.6 is 15.9 Å². The predicted octanol–water partition coefficient (Wildman–Crippen LogP) is 3.57. The van der Waals surface area contributed by atoms with Gasteiger partial charge in [-0.3, -0.25) is 0 Å². The van der Waals surface area contributed by atoms with Gasteiger partial charge in [-0.25, -0.2) is 13.2 Å². The molecule has 3 unspecified atom stereocenters. The van der Waals surface area contributed by atoms with Crippen LogP contribution in [-0.4, -0.2) is 6.17 Å². The Morgan fingerprint density at radius 2 is 1.85 bits per heavy atom. The number of alkyl halides is 4. The van der Waals surface area contributed by atoms with Crippen LogP contribution in [-0.2, 0) is 4.58 Å². The molecule has 0 radical (unpaired) electrons. The molecule has 70 valence electrons. The summed E-state index contributed by atoms with van der Waals surface area (Å²) in [6.07, 6.45) is -4.04. The highest BCUT2D eigenvalue weighted by Gasteiger charge is 2.52. The van der Waals surface area contributed by atoms with Crippen molar-refractivity contribution in [1.82, 2.24) is 0 Å². The molecule has 0 nitrogen and oxygen atoms in total. The molecule has 0 spiro atoms. The highest BCUT2D eigenvalue weighted by atomic mass is 79.9. The molecule has 3 atom stereocenters. The highest BCUT2D eigenvalue weighted by Crippen LogP contribution is 2.53. The Morgan fingerprint density at radius 3 is 2.46 bits per heavy atom. The maximum absolute atomic E-state index is 13.5. The van der Waals surface area contributed by atoms with Gasteiger partial charge in [-0.15, -0.1) is 0 Å². The summed E-state index contributed by atoms with van der Waals surface area (Å²) in [5, 5.41) is 0. The maximum atomic E-state index is 13.5. The lowest BCUT2D eigenvalue weighted by molar-refractivity contribution is 0.0886. The quantitative estimate of drug-likeness (QED) is 0.618. The third-order valence-electron chi connectivity index (χ3n) is 2.22. The third-order valence-corrected chi connectivity index (χ3v) is 3.08. The number of benzene rings is 1. The summed E-state index contributed by atoms with van der Waals surface area (Å²) in [7, 11) is 0. The lowest BCUT2D eigenvalue weighted by Gasteiger charge is -2.14. The van der Waals surface area contributed by atoms with Crippen molar-refractivity contribution in [3.05, 3.63) is 35.4 Å². The standard InChI is InChI=1S/C9H6BrF3/c10-9(13)6-4-2-1-3-5(6)7(11)8(9)12/h1-4,7-8H. The van der Waals surface area contributed by atoms with Crippen LogP contribution in [0.1, 0.15) is 17.3 Å². The van der Waals surface area contributed by atoms with E-state index in [4.69, 9.17) is 0 Å². The second-order valence-electron chi connectivity index (χ2n) is 3.01. The molecule has 2 rings (SSSR count). The van der Waals surface area contributed by atoms with Crippen LogP contribution in [0.15, 0.2) is 24.3 Å². The molecule has 0 fully saturated rings. The lowest BCUT2D eigenvalue weighted by atomic mass is 10.1. The Labute approximate surface area is 81.9 Å². The van der Waals surface area contributed by atoms with Crippen molar-refractivity contribution in [2.24, 2.45) is 0 Å². The van der Waals surface area contributed by atoms with E-state index < -0.39 is 16.9 Å². The molecule has 13 heavy (non-hydrogen) atoms. The lowest BCUT2D eigenvalue weighted by Crippen LogP contribution is -2.21. The SMILES string of the molecule is FC1c2ccccc2C(F)(Br)C1F. The van der Waals surface area contributed by atoms with Crippen molar-refractivity contribution in [1.29, 1.82) is 0 Å². The van der Waals surface area contributed by atoms with Gasteiger partial charge in [-0.2, -0.15) is 0 Å². The first-order chi connectivity index (χ1) is 6.05. The van der Waals surface area contributed by atoms with E-state index in [0.717, 1.165) is 0 Å². The van der Waals surface area contributed by atoms with Gasteiger partial charge in [0.2, 0.25) is 4.58 Å². The number of halogens is 4. The maximum Gasteiger partial charge on any atom is 0.224 e. The first kappa shape index (κ1) is 9.06. The van der Waals surface area contributed by atoms with Crippen LogP contribution in [0.25, 0.3) is 0 Å². The van der Waals surface area contributed by atoms with Gasteiger partial charge in [0.1, 0.15) is 0 Å². The second-order valence-corrected chi connectivity index (χ2v) is 4.17. The molecule has 0 amide bonds. The van der Waals surface area contributed by atoms with E-state index in [9.17, 15) is 13.2 Å². The molecule has 0 saturated heterocycles. The van der Waals surface area contributed by atoms with Crippen LogP contribution in [0.2, 0.25) is 0 Å². The van der Waals surface area contributed by atoms with E-state index in [-0.39, 0.29) is 11.1 Å². The molecular weight excluding hydrogens is 245 g/mol. The number of fused-ring (bicyclic) bond motifs is 1. The van der Waals surface area contributed by atoms with Gasteiger partial charge in [0.25, 0.3) is 0 Å². The summed E-state index contributed by atoms with van der Waals surface area (Å²) < 4.78 is 37.4. The molecule has 0 N–H and O–H groups in total. The van der Waals surface area contributed by atoms with Crippen molar-refractivity contribution < 1.29 is 13.2 Å². The summed E-state index contributed by atoms with van der Waals surface area (Å²) in [6, 6.07) is 5.90. The highest BCUT2D eigenvalue weighted by molar-refractivity contribution is 9.09. The van der Waals surface area contributed by atoms with Gasteiger partial charge in [-0.1, -0.05) is 24.3 Å². The van der Waals surface area contributed by atoms with Crippen LogP contribution in [0, 0.1) is 0 Å². The van der Waals surface area contributed by atoms with Crippen molar-refractivity contribution >= 4 is 15.9 Å². The Kier molecular flexibility index (Phi) is 1.91. The van der Waals surface area contributed by atoms with E-state index in [2.05, 4.69) is 15.9 Å². The van der Waals surface area contributed by atoms with E-state index in [0.29, 0.717) is 0 Å². The first-order valence-electron chi connectivity index (χ1n) is 3.80. The molecule has 1 aliphatic rings. The van der Waals surface area contributed by atoms with Crippen molar-refractivity contribution in [2.45, 2.75) is 16.9 Å². The van der Waals surface area contributed by atoms with E-state index >= 15 is 0 Å². The first-order valence-corrected chi connectivity index (χ1v) is 4.60. The molecule has 0 saturated carbocycles. The van der Waals surface area contributed by atoms with Gasteiger partial charge >= 0.3 is 0 Å². The zero-order valence-corrected chi connectivity index (χ0v) is 8.06. The largest absolute Gasteiger partial charge is 0.239 e. The summed E-state index contributed by atoms with van der Waals surface area (Å²) in [6.45, 7) is 0. The average Bonchev–Trinajstić information content (AvgIpc) is 2.30. The van der Waals surface area contributed by atoms with Gasteiger partial charge in [-0.05, 0) is 21.5 Å². The predicted molar refractivity (Wildman–Crippen MR) is 46.9 cm³/mol. The molecule has 0 bridgehead atoms.